The van der Waals surface area contributed by atoms with Crippen LogP contribution in [-0.2, 0) is 18.9 Å². The molecule has 1 heterocycles. The van der Waals surface area contributed by atoms with E-state index in [0.29, 0.717) is 32.4 Å². The highest BCUT2D eigenvalue weighted by atomic mass is 17.0. The summed E-state index contributed by atoms with van der Waals surface area (Å²) in [6.07, 6.45) is 6.44. The molecule has 0 aromatic rings. The fraction of sp³-hybridized carbons (Fsp3) is 1.00. The molecule has 118 valence electrons. The van der Waals surface area contributed by atoms with Gasteiger partial charge in [-0.1, -0.05) is 19.3 Å². The van der Waals surface area contributed by atoms with E-state index in [1.807, 2.05) is 20.8 Å². The molecule has 0 aromatic carbocycles. The van der Waals surface area contributed by atoms with E-state index in [1.54, 1.807) is 0 Å². The number of rotatable bonds is 9. The third-order valence-corrected chi connectivity index (χ3v) is 4.00. The molecule has 1 saturated heterocycles. The maximum Gasteiger partial charge on any atom is 0.344 e. The molecule has 1 aliphatic heterocycles. The Morgan fingerprint density at radius 2 is 1.55 bits per heavy atom. The number of ether oxygens (including phenoxy) is 4. The normalized spacial score (nSPS) is 29.6. The molecule has 2 rings (SSSR count). The molecule has 0 radical (unpaired) electrons. The van der Waals surface area contributed by atoms with Gasteiger partial charge in [-0.15, -0.1) is 0 Å². The van der Waals surface area contributed by atoms with Gasteiger partial charge in [0, 0.05) is 25.9 Å². The fourth-order valence-corrected chi connectivity index (χ4v) is 3.02. The van der Waals surface area contributed by atoms with Gasteiger partial charge in [-0.25, -0.2) is 0 Å². The lowest BCUT2D eigenvalue weighted by Gasteiger charge is -2.25. The predicted octanol–water partition coefficient (Wildman–Crippen LogP) is 2.40. The molecule has 5 heteroatoms. The lowest BCUT2D eigenvalue weighted by atomic mass is 9.95. The van der Waals surface area contributed by atoms with Gasteiger partial charge in [-0.3, -0.25) is 4.74 Å². The van der Waals surface area contributed by atoms with Crippen LogP contribution < -0.4 is 5.32 Å². The third-order valence-electron chi connectivity index (χ3n) is 4.00. The van der Waals surface area contributed by atoms with Crippen molar-refractivity contribution in [2.45, 2.75) is 70.7 Å². The van der Waals surface area contributed by atoms with E-state index in [0.717, 1.165) is 0 Å². The van der Waals surface area contributed by atoms with Crippen LogP contribution in [0.15, 0.2) is 0 Å². The van der Waals surface area contributed by atoms with Crippen LogP contribution in [0.25, 0.3) is 0 Å². The van der Waals surface area contributed by atoms with E-state index in [-0.39, 0.29) is 0 Å². The maximum absolute atomic E-state index is 5.82. The first-order valence-corrected chi connectivity index (χ1v) is 8.07. The molecule has 0 aromatic heterocycles. The van der Waals surface area contributed by atoms with Crippen molar-refractivity contribution in [3.8, 4) is 0 Å². The molecule has 1 saturated carbocycles. The van der Waals surface area contributed by atoms with Gasteiger partial charge in [0.1, 0.15) is 0 Å². The van der Waals surface area contributed by atoms with Crippen LogP contribution in [-0.4, -0.2) is 44.2 Å². The van der Waals surface area contributed by atoms with Crippen LogP contribution in [0, 0.1) is 0 Å². The van der Waals surface area contributed by atoms with Crippen molar-refractivity contribution >= 4 is 0 Å². The van der Waals surface area contributed by atoms with Crippen LogP contribution in [0.3, 0.4) is 0 Å². The van der Waals surface area contributed by atoms with Gasteiger partial charge >= 0.3 is 5.97 Å². The van der Waals surface area contributed by atoms with Crippen LogP contribution in [0.5, 0.6) is 0 Å². The lowest BCUT2D eigenvalue weighted by molar-refractivity contribution is -0.234. The average molecular weight is 287 g/mol. The minimum absolute atomic E-state index is 0.540. The first-order chi connectivity index (χ1) is 9.72. The second-order valence-electron chi connectivity index (χ2n) is 5.43. The van der Waals surface area contributed by atoms with Crippen LogP contribution >= 0.6 is 0 Å². The van der Waals surface area contributed by atoms with Crippen molar-refractivity contribution in [2.75, 3.05) is 26.4 Å². The Kier molecular flexibility index (Phi) is 5.81. The average Bonchev–Trinajstić information content (AvgIpc) is 3.06. The quantitative estimate of drug-likeness (QED) is 0.521. The van der Waals surface area contributed by atoms with Crippen LogP contribution in [0.2, 0.25) is 0 Å². The monoisotopic (exact) mass is 287 g/mol. The Balaban J connectivity index is 1.92. The molecule has 20 heavy (non-hydrogen) atoms. The van der Waals surface area contributed by atoms with Crippen molar-refractivity contribution in [2.24, 2.45) is 0 Å². The Labute approximate surface area is 122 Å². The highest BCUT2D eigenvalue weighted by Gasteiger charge is 2.76. The number of hydrogen-bond donors (Lipinski definition) is 1. The zero-order valence-corrected chi connectivity index (χ0v) is 13.1. The second-order valence-corrected chi connectivity index (χ2v) is 5.43. The SMILES string of the molecule is CCOC1(CNC2CCCCC2)OC1(OCC)OCC. The molecule has 1 aliphatic carbocycles. The minimum atomic E-state index is -1.02. The highest BCUT2D eigenvalue weighted by molar-refractivity contribution is 4.99. The molecule has 1 N–H and O–H groups in total. The summed E-state index contributed by atoms with van der Waals surface area (Å²) in [4.78, 5) is 0. The third kappa shape index (κ3) is 3.34. The molecule has 0 bridgehead atoms. The number of hydrogen-bond acceptors (Lipinski definition) is 5. The van der Waals surface area contributed by atoms with Gasteiger partial charge in [0.05, 0.1) is 6.54 Å². The Morgan fingerprint density at radius 1 is 0.950 bits per heavy atom. The van der Waals surface area contributed by atoms with E-state index in [9.17, 15) is 0 Å². The van der Waals surface area contributed by atoms with E-state index >= 15 is 0 Å². The second kappa shape index (κ2) is 7.18. The van der Waals surface area contributed by atoms with Crippen molar-refractivity contribution in [1.29, 1.82) is 0 Å². The smallest absolute Gasteiger partial charge is 0.342 e. The van der Waals surface area contributed by atoms with Crippen LogP contribution in [0.1, 0.15) is 52.9 Å². The summed E-state index contributed by atoms with van der Waals surface area (Å²) in [6.45, 7) is 8.12. The summed E-state index contributed by atoms with van der Waals surface area (Å²) in [7, 11) is 0. The Hall–Kier alpha value is -0.200. The van der Waals surface area contributed by atoms with Crippen LogP contribution in [0.4, 0.5) is 0 Å². The summed E-state index contributed by atoms with van der Waals surface area (Å²) in [5.41, 5.74) is 0. The number of nitrogens with one attached hydrogen (secondary N) is 1. The maximum atomic E-state index is 5.82. The van der Waals surface area contributed by atoms with Gasteiger partial charge < -0.3 is 19.5 Å². The Morgan fingerprint density at radius 3 is 2.10 bits per heavy atom. The lowest BCUT2D eigenvalue weighted by Crippen LogP contribution is -2.45. The van der Waals surface area contributed by atoms with E-state index in [2.05, 4.69) is 5.32 Å². The molecule has 1 unspecified atom stereocenters. The fourth-order valence-electron chi connectivity index (χ4n) is 3.02. The first kappa shape index (κ1) is 16.2. The Bertz CT molecular complexity index is 288. The molecular weight excluding hydrogens is 258 g/mol. The molecule has 5 nitrogen and oxygen atoms in total. The van der Waals surface area contributed by atoms with Crippen molar-refractivity contribution < 1.29 is 18.9 Å². The van der Waals surface area contributed by atoms with Gasteiger partial charge in [-0.05, 0) is 33.6 Å². The zero-order chi connectivity index (χ0) is 14.5. The van der Waals surface area contributed by atoms with E-state index in [4.69, 9.17) is 18.9 Å². The van der Waals surface area contributed by atoms with E-state index < -0.39 is 11.8 Å². The minimum Gasteiger partial charge on any atom is -0.342 e. The largest absolute Gasteiger partial charge is 0.344 e. The summed E-state index contributed by atoms with van der Waals surface area (Å²) >= 11 is 0. The van der Waals surface area contributed by atoms with Gasteiger partial charge in [0.15, 0.2) is 0 Å². The topological polar surface area (TPSA) is 52.2 Å². The molecule has 0 spiro atoms. The van der Waals surface area contributed by atoms with Crippen molar-refractivity contribution in [1.82, 2.24) is 5.32 Å². The standard InChI is InChI=1S/C15H29NO4/c1-4-17-14(12-16-13-10-8-7-9-11-13)15(20-14,18-5-2)19-6-3/h13,16H,4-12H2,1-3H3. The highest BCUT2D eigenvalue weighted by Crippen LogP contribution is 2.50. The molecular formula is C15H29NO4. The summed E-state index contributed by atoms with van der Waals surface area (Å²) in [5.74, 6) is -1.81. The van der Waals surface area contributed by atoms with Gasteiger partial charge in [0.2, 0.25) is 0 Å². The van der Waals surface area contributed by atoms with Crippen molar-refractivity contribution in [3.63, 3.8) is 0 Å². The molecule has 2 aliphatic rings. The van der Waals surface area contributed by atoms with Gasteiger partial charge in [0.25, 0.3) is 5.79 Å². The summed E-state index contributed by atoms with van der Waals surface area (Å²) in [6, 6.07) is 0.561. The van der Waals surface area contributed by atoms with E-state index in [1.165, 1.54) is 32.1 Å². The summed E-state index contributed by atoms with van der Waals surface area (Å²) in [5, 5.41) is 3.57. The van der Waals surface area contributed by atoms with Gasteiger partial charge in [-0.2, -0.15) is 0 Å². The predicted molar refractivity (Wildman–Crippen MR) is 76.3 cm³/mol. The summed E-state index contributed by atoms with van der Waals surface area (Å²) < 4.78 is 23.0. The molecule has 2 fully saturated rings. The zero-order valence-electron chi connectivity index (χ0n) is 13.1. The molecule has 1 atom stereocenters. The molecule has 0 amide bonds. The first-order valence-electron chi connectivity index (χ1n) is 8.07. The number of epoxide rings is 1. The van der Waals surface area contributed by atoms with Crippen molar-refractivity contribution in [3.05, 3.63) is 0 Å².